The van der Waals surface area contributed by atoms with Gasteiger partial charge in [-0.15, -0.1) is 0 Å². The van der Waals surface area contributed by atoms with E-state index in [4.69, 9.17) is 5.73 Å². The molecule has 1 unspecified atom stereocenters. The second kappa shape index (κ2) is 4.07. The Morgan fingerprint density at radius 2 is 1.86 bits per heavy atom. The van der Waals surface area contributed by atoms with E-state index in [9.17, 15) is 0 Å². The molecule has 14 heavy (non-hydrogen) atoms. The molecule has 70 valence electrons. The minimum Gasteiger partial charge on any atom is -0.321 e. The molecule has 1 aliphatic rings. The van der Waals surface area contributed by atoms with Crippen molar-refractivity contribution in [2.75, 3.05) is 0 Å². The number of allylic oxidation sites excluding steroid dienone is 2. The van der Waals surface area contributed by atoms with Crippen molar-refractivity contribution < 1.29 is 0 Å². The normalized spacial score (nSPS) is 22.9. The Kier molecular flexibility index (Phi) is 2.61. The van der Waals surface area contributed by atoms with Gasteiger partial charge in [-0.2, -0.15) is 0 Å². The molecule has 0 amide bonds. The van der Waals surface area contributed by atoms with Gasteiger partial charge in [-0.3, -0.25) is 0 Å². The first kappa shape index (κ1) is 8.97. The van der Waals surface area contributed by atoms with Gasteiger partial charge in [-0.25, -0.2) is 0 Å². The lowest BCUT2D eigenvalue weighted by Gasteiger charge is -2.11. The van der Waals surface area contributed by atoms with E-state index in [0.717, 1.165) is 5.57 Å². The van der Waals surface area contributed by atoms with Crippen LogP contribution in [0.25, 0.3) is 6.08 Å². The molecule has 0 aromatic heterocycles. The summed E-state index contributed by atoms with van der Waals surface area (Å²) in [6.07, 6.45) is 10.2. The Morgan fingerprint density at radius 1 is 1.07 bits per heavy atom. The highest BCUT2D eigenvalue weighted by molar-refractivity contribution is 5.59. The van der Waals surface area contributed by atoms with Gasteiger partial charge < -0.3 is 5.73 Å². The van der Waals surface area contributed by atoms with Crippen molar-refractivity contribution >= 4 is 6.08 Å². The third-order valence-electron chi connectivity index (χ3n) is 2.24. The fraction of sp³-hybridized carbons (Fsp3) is 0.0769. The first-order valence-corrected chi connectivity index (χ1v) is 4.73. The van der Waals surface area contributed by atoms with Crippen LogP contribution in [-0.2, 0) is 0 Å². The van der Waals surface area contributed by atoms with Gasteiger partial charge in [0, 0.05) is 6.04 Å². The Bertz CT molecular complexity index is 385. The molecule has 1 nitrogen and oxygen atoms in total. The van der Waals surface area contributed by atoms with Gasteiger partial charge in [0.1, 0.15) is 0 Å². The predicted molar refractivity (Wildman–Crippen MR) is 60.7 cm³/mol. The van der Waals surface area contributed by atoms with Crippen LogP contribution in [0, 0.1) is 0 Å². The summed E-state index contributed by atoms with van der Waals surface area (Å²) in [7, 11) is 0. The molecule has 2 rings (SSSR count). The third-order valence-corrected chi connectivity index (χ3v) is 2.24. The van der Waals surface area contributed by atoms with E-state index in [-0.39, 0.29) is 6.04 Å². The highest BCUT2D eigenvalue weighted by Gasteiger charge is 2.04. The smallest absolute Gasteiger partial charge is 0.0484 e. The van der Waals surface area contributed by atoms with Crippen molar-refractivity contribution in [2.45, 2.75) is 6.04 Å². The molecular weight excluding hydrogens is 170 g/mol. The van der Waals surface area contributed by atoms with Crippen LogP contribution in [-0.4, -0.2) is 6.04 Å². The van der Waals surface area contributed by atoms with Crippen molar-refractivity contribution in [1.82, 2.24) is 0 Å². The predicted octanol–water partition coefficient (Wildman–Crippen LogP) is 2.52. The summed E-state index contributed by atoms with van der Waals surface area (Å²) in [4.78, 5) is 0. The van der Waals surface area contributed by atoms with Gasteiger partial charge in [0.05, 0.1) is 0 Å². The van der Waals surface area contributed by atoms with E-state index in [1.165, 1.54) is 5.56 Å². The monoisotopic (exact) mass is 183 g/mol. The third kappa shape index (κ3) is 2.01. The van der Waals surface area contributed by atoms with E-state index in [2.05, 4.69) is 24.3 Å². The van der Waals surface area contributed by atoms with E-state index in [1.807, 2.05) is 36.4 Å². The highest BCUT2D eigenvalue weighted by atomic mass is 14.6. The van der Waals surface area contributed by atoms with Crippen molar-refractivity contribution in [3.63, 3.8) is 0 Å². The summed E-state index contributed by atoms with van der Waals surface area (Å²) in [5.41, 5.74) is 8.26. The zero-order valence-electron chi connectivity index (χ0n) is 7.93. The Balaban J connectivity index is 2.27. The minimum atomic E-state index is 0.0280. The maximum Gasteiger partial charge on any atom is 0.0484 e. The van der Waals surface area contributed by atoms with Crippen LogP contribution >= 0.6 is 0 Å². The molecule has 0 fully saturated rings. The van der Waals surface area contributed by atoms with Crippen LogP contribution < -0.4 is 5.73 Å². The van der Waals surface area contributed by atoms with Crippen LogP contribution in [0.1, 0.15) is 5.56 Å². The van der Waals surface area contributed by atoms with Gasteiger partial charge in [-0.05, 0) is 17.2 Å². The lowest BCUT2D eigenvalue weighted by Crippen LogP contribution is -2.19. The zero-order chi connectivity index (χ0) is 9.80. The van der Waals surface area contributed by atoms with E-state index in [1.54, 1.807) is 0 Å². The molecule has 1 aromatic carbocycles. The van der Waals surface area contributed by atoms with Gasteiger partial charge >= 0.3 is 0 Å². The standard InChI is InChI=1S/C13H13N/c14-13-9-5-4-8-12(13)10-11-6-2-1-3-7-11/h1-10,13H,14H2. The quantitative estimate of drug-likeness (QED) is 0.711. The molecule has 1 heteroatoms. The van der Waals surface area contributed by atoms with E-state index >= 15 is 0 Å². The van der Waals surface area contributed by atoms with Gasteiger partial charge in [0.15, 0.2) is 0 Å². The molecule has 0 heterocycles. The Hall–Kier alpha value is -1.60. The van der Waals surface area contributed by atoms with Crippen LogP contribution in [0.2, 0.25) is 0 Å². The zero-order valence-corrected chi connectivity index (χ0v) is 7.93. The number of nitrogens with two attached hydrogens (primary N) is 1. The average Bonchev–Trinajstić information content (AvgIpc) is 2.23. The van der Waals surface area contributed by atoms with Crippen LogP contribution in [0.5, 0.6) is 0 Å². The molecule has 1 atom stereocenters. The van der Waals surface area contributed by atoms with Crippen molar-refractivity contribution in [3.8, 4) is 0 Å². The second-order valence-corrected chi connectivity index (χ2v) is 3.32. The van der Waals surface area contributed by atoms with Crippen molar-refractivity contribution in [2.24, 2.45) is 5.73 Å². The fourth-order valence-corrected chi connectivity index (χ4v) is 1.46. The number of hydrogen-bond acceptors (Lipinski definition) is 1. The summed E-state index contributed by atoms with van der Waals surface area (Å²) >= 11 is 0. The van der Waals surface area contributed by atoms with E-state index < -0.39 is 0 Å². The first-order valence-electron chi connectivity index (χ1n) is 4.73. The summed E-state index contributed by atoms with van der Waals surface area (Å²) in [6, 6.07) is 10.2. The number of hydrogen-bond donors (Lipinski definition) is 1. The number of rotatable bonds is 1. The van der Waals surface area contributed by atoms with Gasteiger partial charge in [0.2, 0.25) is 0 Å². The average molecular weight is 183 g/mol. The lowest BCUT2D eigenvalue weighted by molar-refractivity contribution is 0.979. The molecule has 0 spiro atoms. The molecule has 0 aliphatic heterocycles. The van der Waals surface area contributed by atoms with Gasteiger partial charge in [-0.1, -0.05) is 54.6 Å². The summed E-state index contributed by atoms with van der Waals surface area (Å²) < 4.78 is 0. The first-order chi connectivity index (χ1) is 6.86. The molecule has 2 N–H and O–H groups in total. The summed E-state index contributed by atoms with van der Waals surface area (Å²) in [6.45, 7) is 0. The SMILES string of the molecule is NC1C=CC=CC1=Cc1ccccc1. The topological polar surface area (TPSA) is 26.0 Å². The molecule has 1 aromatic rings. The molecule has 0 saturated heterocycles. The summed E-state index contributed by atoms with van der Waals surface area (Å²) in [5, 5.41) is 0. The fourth-order valence-electron chi connectivity index (χ4n) is 1.46. The van der Waals surface area contributed by atoms with Crippen LogP contribution in [0.4, 0.5) is 0 Å². The highest BCUT2D eigenvalue weighted by Crippen LogP contribution is 2.14. The molecule has 1 aliphatic carbocycles. The maximum atomic E-state index is 5.92. The van der Waals surface area contributed by atoms with Crippen LogP contribution in [0.3, 0.4) is 0 Å². The largest absolute Gasteiger partial charge is 0.321 e. The van der Waals surface area contributed by atoms with Crippen molar-refractivity contribution in [1.29, 1.82) is 0 Å². The molecule has 0 bridgehead atoms. The van der Waals surface area contributed by atoms with Crippen LogP contribution in [0.15, 0.2) is 60.2 Å². The minimum absolute atomic E-state index is 0.0280. The molecular formula is C13H13N. The second-order valence-electron chi connectivity index (χ2n) is 3.32. The number of benzene rings is 1. The van der Waals surface area contributed by atoms with E-state index in [0.29, 0.717) is 0 Å². The lowest BCUT2D eigenvalue weighted by atomic mass is 10.0. The van der Waals surface area contributed by atoms with Crippen molar-refractivity contribution in [3.05, 3.63) is 65.8 Å². The molecule has 0 radical (unpaired) electrons. The molecule has 0 saturated carbocycles. The maximum absolute atomic E-state index is 5.92. The van der Waals surface area contributed by atoms with Gasteiger partial charge in [0.25, 0.3) is 0 Å². The Morgan fingerprint density at radius 3 is 2.57 bits per heavy atom. The Labute approximate surface area is 84.3 Å². The summed E-state index contributed by atoms with van der Waals surface area (Å²) in [5.74, 6) is 0.